The van der Waals surface area contributed by atoms with Gasteiger partial charge in [0.25, 0.3) is 5.91 Å². The van der Waals surface area contributed by atoms with E-state index in [1.54, 1.807) is 23.0 Å². The Morgan fingerprint density at radius 2 is 1.78 bits per heavy atom. The molecule has 2 fully saturated rings. The summed E-state index contributed by atoms with van der Waals surface area (Å²) in [5.74, 6) is 0.0187. The van der Waals surface area contributed by atoms with E-state index < -0.39 is 0 Å². The predicted octanol–water partition coefficient (Wildman–Crippen LogP) is 2.45. The maximum atomic E-state index is 13.1. The van der Waals surface area contributed by atoms with Crippen LogP contribution in [-0.4, -0.2) is 45.6 Å². The van der Waals surface area contributed by atoms with Crippen molar-refractivity contribution in [2.75, 3.05) is 13.1 Å². The van der Waals surface area contributed by atoms with E-state index in [1.165, 1.54) is 12.1 Å². The summed E-state index contributed by atoms with van der Waals surface area (Å²) in [5, 5.41) is 7.40. The van der Waals surface area contributed by atoms with Gasteiger partial charge < -0.3 is 10.2 Å². The van der Waals surface area contributed by atoms with E-state index >= 15 is 0 Å². The van der Waals surface area contributed by atoms with Crippen molar-refractivity contribution in [2.45, 2.75) is 38.6 Å². The Hall–Kier alpha value is -2.70. The fourth-order valence-corrected chi connectivity index (χ4v) is 3.52. The van der Waals surface area contributed by atoms with Crippen LogP contribution in [0.3, 0.4) is 0 Å². The van der Waals surface area contributed by atoms with E-state index in [9.17, 15) is 14.0 Å². The van der Waals surface area contributed by atoms with Gasteiger partial charge in [0, 0.05) is 25.0 Å². The SMILES string of the molecule is Cc1c(C(=O)N2CCC(NC(=O)C3CC3)CC2)cnn1-c1ccc(F)cc1. The molecule has 2 amide bonds. The molecule has 142 valence electrons. The molecule has 0 bridgehead atoms. The van der Waals surface area contributed by atoms with Crippen molar-refractivity contribution in [3.05, 3.63) is 47.5 Å². The second-order valence-corrected chi connectivity index (χ2v) is 7.38. The van der Waals surface area contributed by atoms with E-state index in [1.807, 2.05) is 11.8 Å². The minimum atomic E-state index is -0.309. The van der Waals surface area contributed by atoms with Gasteiger partial charge in [-0.05, 0) is 56.9 Å². The first kappa shape index (κ1) is 17.7. The zero-order chi connectivity index (χ0) is 19.0. The van der Waals surface area contributed by atoms with Crippen molar-refractivity contribution in [1.29, 1.82) is 0 Å². The summed E-state index contributed by atoms with van der Waals surface area (Å²) < 4.78 is 14.8. The maximum Gasteiger partial charge on any atom is 0.257 e. The first-order valence-electron chi connectivity index (χ1n) is 9.43. The average Bonchev–Trinajstić information content (AvgIpc) is 3.46. The number of carbonyl (C=O) groups is 2. The lowest BCUT2D eigenvalue weighted by Gasteiger charge is -2.32. The average molecular weight is 370 g/mol. The Morgan fingerprint density at radius 3 is 2.41 bits per heavy atom. The minimum absolute atomic E-state index is 0.0483. The molecule has 2 heterocycles. The number of benzene rings is 1. The van der Waals surface area contributed by atoms with Crippen LogP contribution in [0.25, 0.3) is 5.69 Å². The molecule has 7 heteroatoms. The number of halogens is 1. The van der Waals surface area contributed by atoms with Crippen molar-refractivity contribution in [3.8, 4) is 5.69 Å². The van der Waals surface area contributed by atoms with Crippen LogP contribution in [0.2, 0.25) is 0 Å². The molecule has 1 aliphatic carbocycles. The number of nitrogens with one attached hydrogen (secondary N) is 1. The number of rotatable bonds is 4. The number of nitrogens with zero attached hydrogens (tertiary/aromatic N) is 3. The summed E-state index contributed by atoms with van der Waals surface area (Å²) in [6.07, 6.45) is 5.12. The molecule has 2 aliphatic rings. The lowest BCUT2D eigenvalue weighted by atomic mass is 10.0. The molecule has 1 saturated carbocycles. The molecule has 0 unspecified atom stereocenters. The summed E-state index contributed by atoms with van der Waals surface area (Å²) >= 11 is 0. The van der Waals surface area contributed by atoms with E-state index in [-0.39, 0.29) is 29.6 Å². The Balaban J connectivity index is 1.40. The highest BCUT2D eigenvalue weighted by atomic mass is 19.1. The summed E-state index contributed by atoms with van der Waals surface area (Å²) in [4.78, 5) is 26.6. The van der Waals surface area contributed by atoms with Gasteiger partial charge in [-0.25, -0.2) is 9.07 Å². The predicted molar refractivity (Wildman–Crippen MR) is 98.1 cm³/mol. The third-order valence-corrected chi connectivity index (χ3v) is 5.39. The van der Waals surface area contributed by atoms with Gasteiger partial charge in [-0.1, -0.05) is 0 Å². The minimum Gasteiger partial charge on any atom is -0.353 e. The molecule has 1 saturated heterocycles. The molecule has 1 aromatic heterocycles. The molecular weight excluding hydrogens is 347 g/mol. The monoisotopic (exact) mass is 370 g/mol. The van der Waals surface area contributed by atoms with Crippen LogP contribution in [0, 0.1) is 18.7 Å². The van der Waals surface area contributed by atoms with Crippen LogP contribution in [-0.2, 0) is 4.79 Å². The zero-order valence-electron chi connectivity index (χ0n) is 15.3. The Bertz CT molecular complexity index is 849. The van der Waals surface area contributed by atoms with Gasteiger partial charge in [0.2, 0.25) is 5.91 Å². The number of likely N-dealkylation sites (tertiary alicyclic amines) is 1. The van der Waals surface area contributed by atoms with Crippen molar-refractivity contribution < 1.29 is 14.0 Å². The van der Waals surface area contributed by atoms with Crippen LogP contribution >= 0.6 is 0 Å². The molecule has 0 spiro atoms. The molecular formula is C20H23FN4O2. The first-order valence-corrected chi connectivity index (χ1v) is 9.43. The van der Waals surface area contributed by atoms with Gasteiger partial charge in [0.05, 0.1) is 23.1 Å². The van der Waals surface area contributed by atoms with E-state index in [4.69, 9.17) is 0 Å². The molecule has 2 aromatic rings. The number of piperidine rings is 1. The second-order valence-electron chi connectivity index (χ2n) is 7.38. The largest absolute Gasteiger partial charge is 0.353 e. The third-order valence-electron chi connectivity index (χ3n) is 5.39. The summed E-state index contributed by atoms with van der Waals surface area (Å²) in [6, 6.07) is 6.18. The number of hydrogen-bond donors (Lipinski definition) is 1. The van der Waals surface area contributed by atoms with Crippen LogP contribution in [0.15, 0.2) is 30.5 Å². The molecule has 0 atom stereocenters. The fourth-order valence-electron chi connectivity index (χ4n) is 3.52. The van der Waals surface area contributed by atoms with Crippen molar-refractivity contribution in [1.82, 2.24) is 20.0 Å². The van der Waals surface area contributed by atoms with Crippen molar-refractivity contribution in [3.63, 3.8) is 0 Å². The smallest absolute Gasteiger partial charge is 0.257 e. The highest BCUT2D eigenvalue weighted by Gasteiger charge is 2.32. The Morgan fingerprint density at radius 1 is 1.11 bits per heavy atom. The standard InChI is InChI=1S/C20H23FN4O2/c1-13-18(12-22-25(13)17-6-4-15(21)5-7-17)20(27)24-10-8-16(9-11-24)23-19(26)14-2-3-14/h4-7,12,14,16H,2-3,8-11H2,1H3,(H,23,26). The quantitative estimate of drug-likeness (QED) is 0.899. The summed E-state index contributed by atoms with van der Waals surface area (Å²) in [7, 11) is 0. The lowest BCUT2D eigenvalue weighted by Crippen LogP contribution is -2.47. The number of hydrogen-bond acceptors (Lipinski definition) is 3. The number of aromatic nitrogens is 2. The number of amides is 2. The van der Waals surface area contributed by atoms with Crippen molar-refractivity contribution >= 4 is 11.8 Å². The molecule has 4 rings (SSSR count). The molecule has 1 aromatic carbocycles. The second kappa shape index (κ2) is 7.13. The van der Waals surface area contributed by atoms with Gasteiger partial charge >= 0.3 is 0 Å². The highest BCUT2D eigenvalue weighted by Crippen LogP contribution is 2.29. The van der Waals surface area contributed by atoms with E-state index in [0.29, 0.717) is 18.7 Å². The normalized spacial score (nSPS) is 17.8. The van der Waals surface area contributed by atoms with Crippen LogP contribution in [0.4, 0.5) is 4.39 Å². The van der Waals surface area contributed by atoms with Gasteiger partial charge in [0.15, 0.2) is 0 Å². The van der Waals surface area contributed by atoms with Crippen LogP contribution < -0.4 is 5.32 Å². The topological polar surface area (TPSA) is 67.2 Å². The molecule has 1 N–H and O–H groups in total. The molecule has 0 radical (unpaired) electrons. The van der Waals surface area contributed by atoms with E-state index in [0.717, 1.165) is 37.1 Å². The third kappa shape index (κ3) is 3.72. The molecule has 27 heavy (non-hydrogen) atoms. The Kier molecular flexibility index (Phi) is 4.68. The van der Waals surface area contributed by atoms with Crippen LogP contribution in [0.1, 0.15) is 41.7 Å². The summed E-state index contributed by atoms with van der Waals surface area (Å²) in [5.41, 5.74) is 2.00. The number of carbonyl (C=O) groups excluding carboxylic acids is 2. The zero-order valence-corrected chi connectivity index (χ0v) is 15.3. The molecule has 1 aliphatic heterocycles. The Labute approximate surface area is 157 Å². The highest BCUT2D eigenvalue weighted by molar-refractivity contribution is 5.95. The maximum absolute atomic E-state index is 13.1. The summed E-state index contributed by atoms with van der Waals surface area (Å²) in [6.45, 7) is 3.08. The van der Waals surface area contributed by atoms with E-state index in [2.05, 4.69) is 10.4 Å². The van der Waals surface area contributed by atoms with Gasteiger partial charge in [0.1, 0.15) is 5.82 Å². The first-order chi connectivity index (χ1) is 13.0. The fraction of sp³-hybridized carbons (Fsp3) is 0.450. The lowest BCUT2D eigenvalue weighted by molar-refractivity contribution is -0.123. The molecule has 6 nitrogen and oxygen atoms in total. The van der Waals surface area contributed by atoms with Crippen LogP contribution in [0.5, 0.6) is 0 Å². The van der Waals surface area contributed by atoms with Gasteiger partial charge in [-0.2, -0.15) is 5.10 Å². The van der Waals surface area contributed by atoms with Crippen molar-refractivity contribution in [2.24, 2.45) is 5.92 Å². The van der Waals surface area contributed by atoms with Gasteiger partial charge in [-0.15, -0.1) is 0 Å². The van der Waals surface area contributed by atoms with Gasteiger partial charge in [-0.3, -0.25) is 9.59 Å².